The second-order valence-corrected chi connectivity index (χ2v) is 7.63. The number of aromatic nitrogens is 2. The number of hydrogen-bond donors (Lipinski definition) is 1. The van der Waals surface area contributed by atoms with E-state index in [1.807, 2.05) is 0 Å². The molecule has 10 heteroatoms. The molecule has 2 aromatic carbocycles. The predicted octanol–water partition coefficient (Wildman–Crippen LogP) is 3.52. The number of carbonyl (C=O) groups excluding carboxylic acids is 2. The zero-order chi connectivity index (χ0) is 25.7. The highest BCUT2D eigenvalue weighted by molar-refractivity contribution is 6.34. The molecule has 3 aromatic rings. The van der Waals surface area contributed by atoms with Crippen molar-refractivity contribution in [3.05, 3.63) is 54.4 Å². The second-order valence-electron chi connectivity index (χ2n) is 7.63. The van der Waals surface area contributed by atoms with Crippen LogP contribution in [0.5, 0.6) is 23.0 Å². The highest BCUT2D eigenvalue weighted by Gasteiger charge is 2.23. The van der Waals surface area contributed by atoms with Crippen molar-refractivity contribution in [2.45, 2.75) is 0 Å². The molecule has 1 aliphatic carbocycles. The van der Waals surface area contributed by atoms with Gasteiger partial charge in [0.1, 0.15) is 18.8 Å². The van der Waals surface area contributed by atoms with Crippen LogP contribution >= 0.6 is 0 Å². The van der Waals surface area contributed by atoms with Crippen LogP contribution in [0.15, 0.2) is 48.8 Å². The molecule has 0 fully saturated rings. The van der Waals surface area contributed by atoms with Crippen LogP contribution in [0.4, 0.5) is 11.5 Å². The van der Waals surface area contributed by atoms with Crippen LogP contribution in [0.3, 0.4) is 0 Å². The molecule has 1 N–H and O–H groups in total. The van der Waals surface area contributed by atoms with E-state index < -0.39 is 0 Å². The number of benzene rings is 2. The lowest BCUT2D eigenvalue weighted by Gasteiger charge is -2.18. The summed E-state index contributed by atoms with van der Waals surface area (Å²) in [6.07, 6.45) is 5.17. The monoisotopic (exact) mass is 491 g/mol. The number of ketones is 2. The van der Waals surface area contributed by atoms with Gasteiger partial charge in [-0.25, -0.2) is 9.97 Å². The Labute approximate surface area is 207 Å². The van der Waals surface area contributed by atoms with Gasteiger partial charge < -0.3 is 29.0 Å². The number of carbonyl (C=O) groups is 2. The van der Waals surface area contributed by atoms with Crippen molar-refractivity contribution in [2.75, 3.05) is 47.0 Å². The second kappa shape index (κ2) is 10.9. The third-order valence-electron chi connectivity index (χ3n) is 5.45. The number of fused-ring (bicyclic) bond motifs is 1. The van der Waals surface area contributed by atoms with E-state index >= 15 is 0 Å². The normalized spacial score (nSPS) is 12.9. The molecule has 0 radical (unpaired) electrons. The highest BCUT2D eigenvalue weighted by atomic mass is 16.5. The number of methoxy groups -OCH3 is 4. The van der Waals surface area contributed by atoms with Gasteiger partial charge in [-0.1, -0.05) is 0 Å². The van der Waals surface area contributed by atoms with Gasteiger partial charge in [0.05, 0.1) is 33.5 Å². The third-order valence-corrected chi connectivity index (χ3v) is 5.45. The lowest BCUT2D eigenvalue weighted by molar-refractivity contribution is -0.113. The fourth-order valence-corrected chi connectivity index (χ4v) is 3.76. The van der Waals surface area contributed by atoms with Crippen LogP contribution < -0.4 is 24.3 Å². The summed E-state index contributed by atoms with van der Waals surface area (Å²) in [6.45, 7) is 0.787. The third kappa shape index (κ3) is 4.98. The number of allylic oxidation sites excluding steroid dienone is 4. The van der Waals surface area contributed by atoms with Crippen molar-refractivity contribution in [1.29, 1.82) is 0 Å². The molecule has 36 heavy (non-hydrogen) atoms. The van der Waals surface area contributed by atoms with E-state index in [2.05, 4.69) is 15.3 Å². The topological polar surface area (TPSA) is 118 Å². The molecular weight excluding hydrogens is 466 g/mol. The van der Waals surface area contributed by atoms with Gasteiger partial charge in [0, 0.05) is 41.5 Å². The SMILES string of the molecule is COCCOc1cc2ncnc(Nc3cc(OC)c(OC)c(C4=CC(=O)C=CC4=O)c3)c2cc1OC. The van der Waals surface area contributed by atoms with Crippen molar-refractivity contribution in [3.63, 3.8) is 0 Å². The first-order chi connectivity index (χ1) is 17.5. The highest BCUT2D eigenvalue weighted by Crippen LogP contribution is 2.41. The smallest absolute Gasteiger partial charge is 0.186 e. The number of rotatable bonds is 10. The standard InChI is InChI=1S/C26H25N3O7/c1-32-7-8-36-23-13-20-19(12-22(23)33-2)26(28-14-27-20)29-15-9-18(25(35-4)24(10-15)34-3)17-11-16(30)5-6-21(17)31/h5-6,9-14H,7-8H2,1-4H3,(H,27,28,29). The first-order valence-corrected chi connectivity index (χ1v) is 10.9. The maximum atomic E-state index is 12.6. The molecule has 0 spiro atoms. The molecule has 0 saturated heterocycles. The first kappa shape index (κ1) is 24.7. The van der Waals surface area contributed by atoms with Gasteiger partial charge in [-0.15, -0.1) is 0 Å². The summed E-state index contributed by atoms with van der Waals surface area (Å²) in [5.74, 6) is 1.62. The van der Waals surface area contributed by atoms with E-state index in [0.717, 1.165) is 0 Å². The molecule has 4 rings (SSSR count). The van der Waals surface area contributed by atoms with Crippen LogP contribution in [-0.2, 0) is 14.3 Å². The number of nitrogens with zero attached hydrogens (tertiary/aromatic N) is 2. The fourth-order valence-electron chi connectivity index (χ4n) is 3.76. The molecule has 0 aliphatic heterocycles. The molecule has 0 unspecified atom stereocenters. The maximum Gasteiger partial charge on any atom is 0.186 e. The van der Waals surface area contributed by atoms with Crippen molar-refractivity contribution in [1.82, 2.24) is 9.97 Å². The Bertz CT molecular complexity index is 1380. The van der Waals surface area contributed by atoms with Crippen LogP contribution in [0.2, 0.25) is 0 Å². The Morgan fingerprint density at radius 1 is 0.833 bits per heavy atom. The van der Waals surface area contributed by atoms with E-state index in [9.17, 15) is 9.59 Å². The summed E-state index contributed by atoms with van der Waals surface area (Å²) in [4.78, 5) is 33.3. The van der Waals surface area contributed by atoms with Gasteiger partial charge in [0.2, 0.25) is 0 Å². The zero-order valence-electron chi connectivity index (χ0n) is 20.3. The van der Waals surface area contributed by atoms with E-state index in [1.165, 1.54) is 38.8 Å². The minimum atomic E-state index is -0.315. The summed E-state index contributed by atoms with van der Waals surface area (Å²) in [7, 11) is 6.10. The molecule has 10 nitrogen and oxygen atoms in total. The summed E-state index contributed by atoms with van der Waals surface area (Å²) in [5.41, 5.74) is 1.79. The number of nitrogens with one attached hydrogen (secondary N) is 1. The van der Waals surface area contributed by atoms with E-state index in [1.54, 1.807) is 38.5 Å². The number of anilines is 2. The maximum absolute atomic E-state index is 12.6. The van der Waals surface area contributed by atoms with Crippen molar-refractivity contribution in [3.8, 4) is 23.0 Å². The minimum absolute atomic E-state index is 0.202. The molecule has 186 valence electrons. The number of hydrogen-bond acceptors (Lipinski definition) is 10. The van der Waals surface area contributed by atoms with Gasteiger partial charge in [0.15, 0.2) is 34.6 Å². The quantitative estimate of drug-likeness (QED) is 0.333. The largest absolute Gasteiger partial charge is 0.493 e. The average molecular weight is 492 g/mol. The Morgan fingerprint density at radius 2 is 1.64 bits per heavy atom. The van der Waals surface area contributed by atoms with Gasteiger partial charge >= 0.3 is 0 Å². The summed E-state index contributed by atoms with van der Waals surface area (Å²) in [6, 6.07) is 6.95. The Balaban J connectivity index is 1.78. The van der Waals surface area contributed by atoms with Crippen molar-refractivity contribution < 1.29 is 33.3 Å². The summed E-state index contributed by atoms with van der Waals surface area (Å²) >= 11 is 0. The average Bonchev–Trinajstić information content (AvgIpc) is 2.89. The number of ether oxygens (including phenoxy) is 5. The molecular formula is C26H25N3O7. The fraction of sp³-hybridized carbons (Fsp3) is 0.231. The van der Waals surface area contributed by atoms with Crippen LogP contribution in [0, 0.1) is 0 Å². The predicted molar refractivity (Wildman–Crippen MR) is 133 cm³/mol. The van der Waals surface area contributed by atoms with E-state index in [0.29, 0.717) is 64.2 Å². The van der Waals surface area contributed by atoms with E-state index in [-0.39, 0.29) is 17.1 Å². The molecule has 1 aromatic heterocycles. The lowest BCUT2D eigenvalue weighted by Crippen LogP contribution is -2.09. The van der Waals surface area contributed by atoms with Crippen LogP contribution in [-0.4, -0.2) is 63.2 Å². The zero-order valence-corrected chi connectivity index (χ0v) is 20.3. The van der Waals surface area contributed by atoms with Gasteiger partial charge in [-0.05, 0) is 30.4 Å². The van der Waals surface area contributed by atoms with Crippen molar-refractivity contribution >= 4 is 39.5 Å². The van der Waals surface area contributed by atoms with Crippen LogP contribution in [0.25, 0.3) is 16.5 Å². The van der Waals surface area contributed by atoms with Gasteiger partial charge in [-0.3, -0.25) is 9.59 Å². The van der Waals surface area contributed by atoms with Crippen LogP contribution in [0.1, 0.15) is 5.56 Å². The molecule has 0 saturated carbocycles. The Kier molecular flexibility index (Phi) is 7.45. The lowest BCUT2D eigenvalue weighted by atomic mass is 9.94. The van der Waals surface area contributed by atoms with Gasteiger partial charge in [0.25, 0.3) is 0 Å². The molecule has 1 aliphatic rings. The Hall–Kier alpha value is -4.44. The van der Waals surface area contributed by atoms with E-state index in [4.69, 9.17) is 23.7 Å². The summed E-state index contributed by atoms with van der Waals surface area (Å²) in [5, 5.41) is 3.93. The summed E-state index contributed by atoms with van der Waals surface area (Å²) < 4.78 is 27.3. The minimum Gasteiger partial charge on any atom is -0.493 e. The molecule has 0 bridgehead atoms. The molecule has 1 heterocycles. The Morgan fingerprint density at radius 3 is 2.36 bits per heavy atom. The van der Waals surface area contributed by atoms with Gasteiger partial charge in [-0.2, -0.15) is 0 Å². The first-order valence-electron chi connectivity index (χ1n) is 10.9. The molecule has 0 amide bonds. The molecule has 0 atom stereocenters. The van der Waals surface area contributed by atoms with Crippen molar-refractivity contribution in [2.24, 2.45) is 0 Å².